The number of oxime groups is 1. The number of nitrogens with one attached hydrogen (secondary N) is 1. The molecule has 36 heavy (non-hydrogen) atoms. The van der Waals surface area contributed by atoms with Crippen LogP contribution in [-0.4, -0.2) is 49.9 Å². The van der Waals surface area contributed by atoms with Crippen molar-refractivity contribution in [2.75, 3.05) is 24.1 Å². The molecule has 9 heteroatoms. The van der Waals surface area contributed by atoms with Gasteiger partial charge in [0.05, 0.1) is 17.7 Å². The van der Waals surface area contributed by atoms with E-state index in [-0.39, 0.29) is 17.0 Å². The molecule has 192 valence electrons. The molecule has 2 aliphatic rings. The molecular weight excluding hydrogens is 481 g/mol. The van der Waals surface area contributed by atoms with E-state index in [4.69, 9.17) is 4.84 Å². The van der Waals surface area contributed by atoms with Gasteiger partial charge in [-0.2, -0.15) is 0 Å². The van der Waals surface area contributed by atoms with E-state index in [0.29, 0.717) is 43.6 Å². The van der Waals surface area contributed by atoms with Crippen molar-refractivity contribution in [3.63, 3.8) is 0 Å². The third-order valence-corrected chi connectivity index (χ3v) is 7.21. The SMILES string of the molecule is CC(C)(C)c1ccc(C=CC(=O)N2CCC3(CC2)CC(c2ccc(F)c(NS(C)(=O)=O)c2)=NO3)cc1. The van der Waals surface area contributed by atoms with Crippen LogP contribution in [0.5, 0.6) is 0 Å². The first-order valence-electron chi connectivity index (χ1n) is 11.9. The van der Waals surface area contributed by atoms with E-state index in [1.807, 2.05) is 18.2 Å². The number of piperidine rings is 1. The molecule has 2 aromatic carbocycles. The van der Waals surface area contributed by atoms with Crippen molar-refractivity contribution >= 4 is 33.4 Å². The highest BCUT2D eigenvalue weighted by Crippen LogP contribution is 2.36. The number of carbonyl (C=O) groups is 1. The van der Waals surface area contributed by atoms with Gasteiger partial charge in [0.25, 0.3) is 0 Å². The molecule has 1 amide bonds. The second-order valence-electron chi connectivity index (χ2n) is 10.6. The normalized spacial score (nSPS) is 17.8. The molecule has 0 radical (unpaired) electrons. The van der Waals surface area contributed by atoms with Crippen LogP contribution in [-0.2, 0) is 25.1 Å². The summed E-state index contributed by atoms with van der Waals surface area (Å²) in [6, 6.07) is 12.4. The Bertz CT molecular complexity index is 1300. The van der Waals surface area contributed by atoms with E-state index in [0.717, 1.165) is 11.8 Å². The Morgan fingerprint density at radius 2 is 1.81 bits per heavy atom. The van der Waals surface area contributed by atoms with Gasteiger partial charge in [-0.1, -0.05) is 50.2 Å². The van der Waals surface area contributed by atoms with Gasteiger partial charge in [0, 0.05) is 44.0 Å². The second kappa shape index (κ2) is 9.69. The molecule has 1 N–H and O–H groups in total. The van der Waals surface area contributed by atoms with Gasteiger partial charge in [-0.05, 0) is 40.8 Å². The maximum Gasteiger partial charge on any atom is 0.246 e. The molecule has 0 atom stereocenters. The van der Waals surface area contributed by atoms with Crippen LogP contribution in [0.1, 0.15) is 56.7 Å². The summed E-state index contributed by atoms with van der Waals surface area (Å²) >= 11 is 0. The summed E-state index contributed by atoms with van der Waals surface area (Å²) in [6.45, 7) is 7.58. The second-order valence-corrected chi connectivity index (χ2v) is 12.3. The van der Waals surface area contributed by atoms with Crippen LogP contribution in [0.2, 0.25) is 0 Å². The van der Waals surface area contributed by atoms with Gasteiger partial charge < -0.3 is 9.74 Å². The Balaban J connectivity index is 1.34. The minimum atomic E-state index is -3.62. The average Bonchev–Trinajstić information content (AvgIpc) is 3.21. The minimum Gasteiger partial charge on any atom is -0.388 e. The number of carbonyl (C=O) groups excluding carboxylic acids is 1. The number of hydrogen-bond donors (Lipinski definition) is 1. The van der Waals surface area contributed by atoms with E-state index in [1.54, 1.807) is 17.0 Å². The molecule has 1 fully saturated rings. The van der Waals surface area contributed by atoms with Crippen LogP contribution < -0.4 is 4.72 Å². The number of amides is 1. The Kier molecular flexibility index (Phi) is 6.96. The average molecular weight is 514 g/mol. The molecule has 1 spiro atoms. The fourth-order valence-electron chi connectivity index (χ4n) is 4.43. The summed E-state index contributed by atoms with van der Waals surface area (Å²) in [4.78, 5) is 20.4. The largest absolute Gasteiger partial charge is 0.388 e. The standard InChI is InChI=1S/C27H32FN3O4S/c1-26(2,3)21-9-5-19(6-10-21)7-12-25(32)31-15-13-27(14-16-31)18-24(29-35-27)20-8-11-22(28)23(17-20)30-36(4,33)34/h5-12,17,30H,13-16,18H2,1-4H3. The van der Waals surface area contributed by atoms with E-state index in [1.165, 1.54) is 17.7 Å². The molecule has 4 rings (SSSR count). The quantitative estimate of drug-likeness (QED) is 0.588. The number of halogens is 1. The lowest BCUT2D eigenvalue weighted by Gasteiger charge is -2.36. The van der Waals surface area contributed by atoms with Crippen LogP contribution in [0.4, 0.5) is 10.1 Å². The number of anilines is 1. The highest BCUT2D eigenvalue weighted by Gasteiger charge is 2.43. The van der Waals surface area contributed by atoms with Crippen molar-refractivity contribution in [3.8, 4) is 0 Å². The summed E-state index contributed by atoms with van der Waals surface area (Å²) in [7, 11) is -3.62. The maximum atomic E-state index is 14.0. The molecule has 2 aliphatic heterocycles. The van der Waals surface area contributed by atoms with Crippen molar-refractivity contribution in [1.29, 1.82) is 0 Å². The lowest BCUT2D eigenvalue weighted by molar-refractivity contribution is -0.131. The molecule has 2 aromatic rings. The van der Waals surface area contributed by atoms with Gasteiger partial charge in [0.2, 0.25) is 15.9 Å². The van der Waals surface area contributed by atoms with Crippen LogP contribution in [0.3, 0.4) is 0 Å². The van der Waals surface area contributed by atoms with Crippen molar-refractivity contribution in [1.82, 2.24) is 4.90 Å². The number of rotatable bonds is 5. The van der Waals surface area contributed by atoms with Crippen LogP contribution in [0.15, 0.2) is 53.7 Å². The zero-order valence-corrected chi connectivity index (χ0v) is 21.9. The molecular formula is C27H32FN3O4S. The van der Waals surface area contributed by atoms with Crippen molar-refractivity contribution in [3.05, 3.63) is 71.0 Å². The minimum absolute atomic E-state index is 0.0427. The molecule has 1 saturated heterocycles. The van der Waals surface area contributed by atoms with Gasteiger partial charge in [-0.15, -0.1) is 0 Å². The number of sulfonamides is 1. The predicted octanol–water partition coefficient (Wildman–Crippen LogP) is 4.69. The fourth-order valence-corrected chi connectivity index (χ4v) is 4.98. The van der Waals surface area contributed by atoms with E-state index in [9.17, 15) is 17.6 Å². The first kappa shape index (κ1) is 25.9. The molecule has 0 bridgehead atoms. The first-order chi connectivity index (χ1) is 16.8. The number of likely N-dealkylation sites (tertiary alicyclic amines) is 1. The summed E-state index contributed by atoms with van der Waals surface area (Å²) in [5, 5.41) is 4.22. The Morgan fingerprint density at radius 1 is 1.14 bits per heavy atom. The van der Waals surface area contributed by atoms with Crippen molar-refractivity contribution in [2.24, 2.45) is 5.16 Å². The Labute approximate surface area is 212 Å². The summed E-state index contributed by atoms with van der Waals surface area (Å²) in [5.74, 6) is -0.706. The molecule has 0 saturated carbocycles. The van der Waals surface area contributed by atoms with Crippen molar-refractivity contribution < 1.29 is 22.4 Å². The molecule has 2 heterocycles. The lowest BCUT2D eigenvalue weighted by Crippen LogP contribution is -2.46. The number of benzene rings is 2. The first-order valence-corrected chi connectivity index (χ1v) is 13.8. The highest BCUT2D eigenvalue weighted by molar-refractivity contribution is 7.92. The topological polar surface area (TPSA) is 88.1 Å². The summed E-state index contributed by atoms with van der Waals surface area (Å²) in [6.07, 6.45) is 6.16. The van der Waals surface area contributed by atoms with Crippen LogP contribution in [0.25, 0.3) is 6.08 Å². The third kappa shape index (κ3) is 6.13. The highest BCUT2D eigenvalue weighted by atomic mass is 32.2. The van der Waals surface area contributed by atoms with Gasteiger partial charge in [-0.3, -0.25) is 9.52 Å². The van der Waals surface area contributed by atoms with E-state index < -0.39 is 21.4 Å². The molecule has 7 nitrogen and oxygen atoms in total. The summed E-state index contributed by atoms with van der Waals surface area (Å²) in [5.41, 5.74) is 2.89. The molecule has 0 aromatic heterocycles. The number of nitrogens with zero attached hydrogens (tertiary/aromatic N) is 2. The molecule has 0 aliphatic carbocycles. The van der Waals surface area contributed by atoms with Gasteiger partial charge in [0.15, 0.2) is 0 Å². The zero-order chi connectivity index (χ0) is 26.1. The Morgan fingerprint density at radius 3 is 2.42 bits per heavy atom. The van der Waals surface area contributed by atoms with Crippen LogP contribution in [0, 0.1) is 5.82 Å². The van der Waals surface area contributed by atoms with Gasteiger partial charge >= 0.3 is 0 Å². The fraction of sp³-hybridized carbons (Fsp3) is 0.407. The predicted molar refractivity (Wildman–Crippen MR) is 140 cm³/mol. The van der Waals surface area contributed by atoms with Crippen molar-refractivity contribution in [2.45, 2.75) is 51.0 Å². The molecule has 0 unspecified atom stereocenters. The van der Waals surface area contributed by atoms with Crippen LogP contribution >= 0.6 is 0 Å². The zero-order valence-electron chi connectivity index (χ0n) is 21.0. The van der Waals surface area contributed by atoms with E-state index in [2.05, 4.69) is 42.8 Å². The van der Waals surface area contributed by atoms with Gasteiger partial charge in [0.1, 0.15) is 11.4 Å². The maximum absolute atomic E-state index is 14.0. The monoisotopic (exact) mass is 513 g/mol. The Hall–Kier alpha value is -3.20. The van der Waals surface area contributed by atoms with E-state index >= 15 is 0 Å². The summed E-state index contributed by atoms with van der Waals surface area (Å²) < 4.78 is 39.3. The third-order valence-electron chi connectivity index (χ3n) is 6.62. The number of hydrogen-bond acceptors (Lipinski definition) is 5. The van der Waals surface area contributed by atoms with Gasteiger partial charge in [-0.25, -0.2) is 12.8 Å². The smallest absolute Gasteiger partial charge is 0.246 e. The lowest BCUT2D eigenvalue weighted by atomic mass is 9.85.